The zero-order chi connectivity index (χ0) is 7.90. The second-order valence-corrected chi connectivity index (χ2v) is 3.13. The van der Waals surface area contributed by atoms with E-state index >= 15 is 0 Å². The van der Waals surface area contributed by atoms with Crippen molar-refractivity contribution >= 4 is 13.3 Å². The van der Waals surface area contributed by atoms with Crippen LogP contribution >= 0.6 is 0 Å². The van der Waals surface area contributed by atoms with Gasteiger partial charge in [-0.2, -0.15) is 0 Å². The van der Waals surface area contributed by atoms with Crippen LogP contribution in [-0.2, 0) is 5.54 Å². The Morgan fingerprint density at radius 2 is 2.18 bits per heavy atom. The number of hydrogen-bond donors (Lipinski definition) is 1. The lowest BCUT2D eigenvalue weighted by molar-refractivity contribution is 0.709. The molecule has 1 aromatic heterocycles. The molecule has 2 rings (SSSR count). The lowest BCUT2D eigenvalue weighted by Gasteiger charge is -2.06. The summed E-state index contributed by atoms with van der Waals surface area (Å²) in [5.41, 5.74) is 7.44. The summed E-state index contributed by atoms with van der Waals surface area (Å²) in [7, 11) is 5.49. The van der Waals surface area contributed by atoms with Crippen LogP contribution in [0.3, 0.4) is 0 Å². The Hall–Kier alpha value is -0.825. The highest BCUT2D eigenvalue weighted by Gasteiger charge is 2.41. The Morgan fingerprint density at radius 1 is 1.45 bits per heavy atom. The molecule has 1 aliphatic rings. The van der Waals surface area contributed by atoms with Crippen LogP contribution < -0.4 is 11.2 Å². The van der Waals surface area contributed by atoms with Crippen molar-refractivity contribution in [2.24, 2.45) is 5.73 Å². The molecule has 0 amide bonds. The molecule has 1 fully saturated rings. The molecule has 1 aromatic rings. The first kappa shape index (κ1) is 6.86. The maximum absolute atomic E-state index is 5.91. The first-order valence-electron chi connectivity index (χ1n) is 3.72. The van der Waals surface area contributed by atoms with Gasteiger partial charge in [0.2, 0.25) is 0 Å². The van der Waals surface area contributed by atoms with Crippen LogP contribution in [0.15, 0.2) is 18.3 Å². The minimum atomic E-state index is -0.131. The predicted octanol–water partition coefficient (Wildman–Crippen LogP) is -0.177. The van der Waals surface area contributed by atoms with Gasteiger partial charge in [-0.1, -0.05) is 11.5 Å². The average molecular weight is 144 g/mol. The highest BCUT2D eigenvalue weighted by molar-refractivity contribution is 6.32. The molecule has 2 N–H and O–H groups in total. The van der Waals surface area contributed by atoms with Gasteiger partial charge in [-0.3, -0.25) is 4.98 Å². The van der Waals surface area contributed by atoms with Crippen molar-refractivity contribution in [3.05, 3.63) is 24.0 Å². The lowest BCUT2D eigenvalue weighted by Crippen LogP contribution is -2.21. The second-order valence-electron chi connectivity index (χ2n) is 3.13. The summed E-state index contributed by atoms with van der Waals surface area (Å²) < 4.78 is 0. The molecule has 0 spiro atoms. The SMILES string of the molecule is [B]c1ccc(C2(N)CC2)nc1. The van der Waals surface area contributed by atoms with Gasteiger partial charge in [0, 0.05) is 6.20 Å². The zero-order valence-corrected chi connectivity index (χ0v) is 6.25. The summed E-state index contributed by atoms with van der Waals surface area (Å²) in [6.07, 6.45) is 3.75. The van der Waals surface area contributed by atoms with E-state index in [0.29, 0.717) is 5.46 Å². The predicted molar refractivity (Wildman–Crippen MR) is 44.7 cm³/mol. The minimum absolute atomic E-state index is 0.131. The van der Waals surface area contributed by atoms with Crippen LogP contribution in [0.5, 0.6) is 0 Å². The molecule has 54 valence electrons. The first-order valence-corrected chi connectivity index (χ1v) is 3.72. The maximum atomic E-state index is 5.91. The van der Waals surface area contributed by atoms with Gasteiger partial charge < -0.3 is 5.73 Å². The van der Waals surface area contributed by atoms with E-state index in [1.807, 2.05) is 12.1 Å². The van der Waals surface area contributed by atoms with Gasteiger partial charge in [0.05, 0.1) is 11.2 Å². The quantitative estimate of drug-likeness (QED) is 0.555. The zero-order valence-electron chi connectivity index (χ0n) is 6.25. The molecule has 3 heteroatoms. The van der Waals surface area contributed by atoms with Gasteiger partial charge in [-0.25, -0.2) is 0 Å². The molecule has 0 aliphatic heterocycles. The van der Waals surface area contributed by atoms with E-state index in [2.05, 4.69) is 4.98 Å². The molecule has 1 aliphatic carbocycles. The Balaban J connectivity index is 2.33. The molecule has 1 saturated carbocycles. The van der Waals surface area contributed by atoms with Crippen LogP contribution in [0.2, 0.25) is 0 Å². The highest BCUT2D eigenvalue weighted by Crippen LogP contribution is 2.40. The number of pyridine rings is 1. The first-order chi connectivity index (χ1) is 5.21. The third kappa shape index (κ3) is 1.16. The number of aromatic nitrogens is 1. The van der Waals surface area contributed by atoms with Gasteiger partial charge in [-0.15, -0.1) is 0 Å². The maximum Gasteiger partial charge on any atom is 0.115 e. The number of rotatable bonds is 1. The van der Waals surface area contributed by atoms with E-state index in [1.165, 1.54) is 0 Å². The van der Waals surface area contributed by atoms with Crippen LogP contribution in [0.4, 0.5) is 0 Å². The van der Waals surface area contributed by atoms with E-state index in [0.717, 1.165) is 18.5 Å². The van der Waals surface area contributed by atoms with Crippen molar-refractivity contribution in [1.29, 1.82) is 0 Å². The normalized spacial score (nSPS) is 19.7. The number of hydrogen-bond acceptors (Lipinski definition) is 2. The Kier molecular flexibility index (Phi) is 1.30. The van der Waals surface area contributed by atoms with Gasteiger partial charge >= 0.3 is 0 Å². The third-order valence-electron chi connectivity index (χ3n) is 2.09. The summed E-state index contributed by atoms with van der Waals surface area (Å²) in [4.78, 5) is 4.16. The van der Waals surface area contributed by atoms with E-state index in [9.17, 15) is 0 Å². The molecule has 2 nitrogen and oxygen atoms in total. The monoisotopic (exact) mass is 144 g/mol. The van der Waals surface area contributed by atoms with E-state index in [1.54, 1.807) is 6.20 Å². The van der Waals surface area contributed by atoms with E-state index < -0.39 is 0 Å². The topological polar surface area (TPSA) is 38.9 Å². The molecule has 0 bridgehead atoms. The summed E-state index contributed by atoms with van der Waals surface area (Å²) in [6.45, 7) is 0. The molecular weight excluding hydrogens is 135 g/mol. The summed E-state index contributed by atoms with van der Waals surface area (Å²) in [5.74, 6) is 0. The summed E-state index contributed by atoms with van der Waals surface area (Å²) >= 11 is 0. The standard InChI is InChI=1S/C8H9BN2/c9-6-1-2-7(11-5-6)8(10)3-4-8/h1-2,5H,3-4,10H2. The van der Waals surface area contributed by atoms with Gasteiger partial charge in [-0.05, 0) is 18.9 Å². The summed E-state index contributed by atoms with van der Waals surface area (Å²) in [5, 5.41) is 0. The largest absolute Gasteiger partial charge is 0.320 e. The fourth-order valence-corrected chi connectivity index (χ4v) is 1.09. The van der Waals surface area contributed by atoms with Crippen molar-refractivity contribution in [3.8, 4) is 0 Å². The Labute approximate surface area is 67.2 Å². The van der Waals surface area contributed by atoms with E-state index in [4.69, 9.17) is 13.6 Å². The molecular formula is C8H9BN2. The van der Waals surface area contributed by atoms with Crippen LogP contribution in [0.25, 0.3) is 0 Å². The minimum Gasteiger partial charge on any atom is -0.320 e. The van der Waals surface area contributed by atoms with Gasteiger partial charge in [0.25, 0.3) is 0 Å². The van der Waals surface area contributed by atoms with Crippen molar-refractivity contribution in [3.63, 3.8) is 0 Å². The number of nitrogens with two attached hydrogens (primary N) is 1. The fourth-order valence-electron chi connectivity index (χ4n) is 1.09. The molecule has 0 aromatic carbocycles. The molecule has 0 unspecified atom stereocenters. The van der Waals surface area contributed by atoms with Crippen molar-refractivity contribution in [2.45, 2.75) is 18.4 Å². The van der Waals surface area contributed by atoms with Crippen LogP contribution in [-0.4, -0.2) is 12.8 Å². The molecule has 0 atom stereocenters. The lowest BCUT2D eigenvalue weighted by atomic mass is 9.98. The van der Waals surface area contributed by atoms with Crippen LogP contribution in [0, 0.1) is 0 Å². The van der Waals surface area contributed by atoms with Gasteiger partial charge in [0.1, 0.15) is 7.85 Å². The highest BCUT2D eigenvalue weighted by atomic mass is 14.9. The Morgan fingerprint density at radius 3 is 2.64 bits per heavy atom. The van der Waals surface area contributed by atoms with Crippen molar-refractivity contribution in [2.75, 3.05) is 0 Å². The molecule has 2 radical (unpaired) electrons. The molecule has 1 heterocycles. The van der Waals surface area contributed by atoms with E-state index in [-0.39, 0.29) is 5.54 Å². The Bertz CT molecular complexity index is 264. The van der Waals surface area contributed by atoms with Crippen molar-refractivity contribution in [1.82, 2.24) is 4.98 Å². The average Bonchev–Trinajstić information content (AvgIpc) is 2.70. The smallest absolute Gasteiger partial charge is 0.115 e. The molecule has 11 heavy (non-hydrogen) atoms. The molecule has 0 saturated heterocycles. The van der Waals surface area contributed by atoms with Crippen LogP contribution in [0.1, 0.15) is 18.5 Å². The van der Waals surface area contributed by atoms with Gasteiger partial charge in [0.15, 0.2) is 0 Å². The summed E-state index contributed by atoms with van der Waals surface area (Å²) in [6, 6.07) is 3.75. The fraction of sp³-hybridized carbons (Fsp3) is 0.375. The van der Waals surface area contributed by atoms with Crippen molar-refractivity contribution < 1.29 is 0 Å². The number of nitrogens with zero attached hydrogens (tertiary/aromatic N) is 1. The third-order valence-corrected chi connectivity index (χ3v) is 2.09. The second kappa shape index (κ2) is 2.08.